The third-order valence-corrected chi connectivity index (χ3v) is 3.99. The molecule has 0 bridgehead atoms. The van der Waals surface area contributed by atoms with Gasteiger partial charge in [-0.05, 0) is 12.0 Å². The lowest BCUT2D eigenvalue weighted by Crippen LogP contribution is -2.43. The molecule has 24 heavy (non-hydrogen) atoms. The molecular weight excluding hydrogens is 330 g/mol. The number of alkyl carbamates (subject to hydrolysis) is 1. The SMILES string of the molecule is CCCCOCSC[C@H](NC(=O)OCc1ccccc1)C(=O)OC. The number of unbranched alkanes of at least 4 members (excludes halogenated alkanes) is 1. The van der Waals surface area contributed by atoms with Crippen molar-refractivity contribution in [1.82, 2.24) is 5.32 Å². The number of ether oxygens (including phenoxy) is 3. The number of benzene rings is 1. The minimum Gasteiger partial charge on any atom is -0.467 e. The summed E-state index contributed by atoms with van der Waals surface area (Å²) in [5.74, 6) is 0.320. The van der Waals surface area contributed by atoms with Crippen molar-refractivity contribution in [3.8, 4) is 0 Å². The van der Waals surface area contributed by atoms with E-state index in [1.807, 2.05) is 30.3 Å². The van der Waals surface area contributed by atoms with Gasteiger partial charge in [-0.2, -0.15) is 0 Å². The smallest absolute Gasteiger partial charge is 0.408 e. The van der Waals surface area contributed by atoms with Crippen molar-refractivity contribution in [3.05, 3.63) is 35.9 Å². The molecule has 0 saturated heterocycles. The Balaban J connectivity index is 2.33. The molecule has 1 rings (SSSR count). The van der Waals surface area contributed by atoms with Crippen LogP contribution in [0.3, 0.4) is 0 Å². The highest BCUT2D eigenvalue weighted by molar-refractivity contribution is 7.99. The van der Waals surface area contributed by atoms with Gasteiger partial charge in [-0.25, -0.2) is 9.59 Å². The number of esters is 1. The van der Waals surface area contributed by atoms with Gasteiger partial charge in [0.1, 0.15) is 12.6 Å². The summed E-state index contributed by atoms with van der Waals surface area (Å²) in [6.45, 7) is 2.93. The predicted molar refractivity (Wildman–Crippen MR) is 93.8 cm³/mol. The summed E-state index contributed by atoms with van der Waals surface area (Å²) in [6.07, 6.45) is 1.43. The predicted octanol–water partition coefficient (Wildman–Crippen LogP) is 2.96. The molecule has 0 aliphatic carbocycles. The van der Waals surface area contributed by atoms with Crippen molar-refractivity contribution in [3.63, 3.8) is 0 Å². The second-order valence-electron chi connectivity index (χ2n) is 5.03. The van der Waals surface area contributed by atoms with Crippen LogP contribution in [0.2, 0.25) is 0 Å². The largest absolute Gasteiger partial charge is 0.467 e. The van der Waals surface area contributed by atoms with E-state index in [0.29, 0.717) is 18.3 Å². The Morgan fingerprint density at radius 1 is 1.25 bits per heavy atom. The van der Waals surface area contributed by atoms with Crippen LogP contribution in [0.5, 0.6) is 0 Å². The molecule has 1 aromatic rings. The topological polar surface area (TPSA) is 73.9 Å². The molecule has 0 unspecified atom stereocenters. The van der Waals surface area contributed by atoms with Crippen LogP contribution in [0, 0.1) is 0 Å². The third-order valence-electron chi connectivity index (χ3n) is 3.08. The van der Waals surface area contributed by atoms with Gasteiger partial charge in [-0.1, -0.05) is 43.7 Å². The average molecular weight is 355 g/mol. The summed E-state index contributed by atoms with van der Waals surface area (Å²) < 4.78 is 15.2. The van der Waals surface area contributed by atoms with Crippen LogP contribution < -0.4 is 5.32 Å². The van der Waals surface area contributed by atoms with E-state index in [1.54, 1.807) is 0 Å². The number of hydrogen-bond acceptors (Lipinski definition) is 6. The van der Waals surface area contributed by atoms with Crippen LogP contribution in [0.25, 0.3) is 0 Å². The van der Waals surface area contributed by atoms with Crippen LogP contribution in [-0.4, -0.2) is 43.5 Å². The zero-order chi connectivity index (χ0) is 17.6. The fourth-order valence-electron chi connectivity index (χ4n) is 1.75. The van der Waals surface area contributed by atoms with Crippen LogP contribution in [-0.2, 0) is 25.6 Å². The standard InChI is InChI=1S/C17H25NO5S/c1-3-4-10-22-13-24-12-15(16(19)21-2)18-17(20)23-11-14-8-6-5-7-9-14/h5-9,15H,3-4,10-13H2,1-2H3,(H,18,20)/t15-/m0/s1. The van der Waals surface area contributed by atoms with E-state index in [1.165, 1.54) is 18.9 Å². The molecule has 1 atom stereocenters. The van der Waals surface area contributed by atoms with Gasteiger partial charge in [-0.15, -0.1) is 11.8 Å². The summed E-state index contributed by atoms with van der Waals surface area (Å²) in [7, 11) is 1.29. The highest BCUT2D eigenvalue weighted by Gasteiger charge is 2.22. The first-order valence-electron chi connectivity index (χ1n) is 7.88. The molecular formula is C17H25NO5S. The van der Waals surface area contributed by atoms with Crippen LogP contribution in [0.4, 0.5) is 4.79 Å². The molecule has 134 valence electrons. The van der Waals surface area contributed by atoms with Gasteiger partial charge in [0.25, 0.3) is 0 Å². The van der Waals surface area contributed by atoms with Gasteiger partial charge in [-0.3, -0.25) is 0 Å². The summed E-state index contributed by atoms with van der Waals surface area (Å²) in [4.78, 5) is 23.6. The number of carbonyl (C=O) groups is 2. The summed E-state index contributed by atoms with van der Waals surface area (Å²) >= 11 is 1.42. The van der Waals surface area contributed by atoms with Gasteiger partial charge in [0, 0.05) is 12.4 Å². The summed E-state index contributed by atoms with van der Waals surface area (Å²) in [6, 6.07) is 8.56. The summed E-state index contributed by atoms with van der Waals surface area (Å²) in [5, 5.41) is 2.53. The van der Waals surface area contributed by atoms with E-state index in [2.05, 4.69) is 12.2 Å². The number of amides is 1. The Morgan fingerprint density at radius 2 is 2.00 bits per heavy atom. The lowest BCUT2D eigenvalue weighted by atomic mass is 10.2. The molecule has 6 nitrogen and oxygen atoms in total. The van der Waals surface area contributed by atoms with Crippen LogP contribution in [0.1, 0.15) is 25.3 Å². The Hall–Kier alpha value is -1.73. The first-order chi connectivity index (χ1) is 11.7. The molecule has 0 fully saturated rings. The molecule has 0 aliphatic rings. The third kappa shape index (κ3) is 8.79. The molecule has 0 aromatic heterocycles. The number of methoxy groups -OCH3 is 1. The molecule has 0 saturated carbocycles. The van der Waals surface area contributed by atoms with Crippen molar-refractivity contribution in [2.45, 2.75) is 32.4 Å². The lowest BCUT2D eigenvalue weighted by molar-refractivity contribution is -0.142. The number of carbonyl (C=O) groups excluding carboxylic acids is 2. The fraction of sp³-hybridized carbons (Fsp3) is 0.529. The molecule has 0 radical (unpaired) electrons. The Kier molecular flexibility index (Phi) is 10.7. The molecule has 7 heteroatoms. The second-order valence-corrected chi connectivity index (χ2v) is 6.01. The number of hydrogen-bond donors (Lipinski definition) is 1. The molecule has 0 aliphatic heterocycles. The maximum Gasteiger partial charge on any atom is 0.408 e. The maximum absolute atomic E-state index is 11.8. The minimum atomic E-state index is -0.766. The maximum atomic E-state index is 11.8. The first-order valence-corrected chi connectivity index (χ1v) is 9.03. The van der Waals surface area contributed by atoms with Crippen molar-refractivity contribution in [2.24, 2.45) is 0 Å². The highest BCUT2D eigenvalue weighted by Crippen LogP contribution is 2.07. The van der Waals surface area contributed by atoms with Gasteiger partial charge < -0.3 is 19.5 Å². The van der Waals surface area contributed by atoms with Crippen molar-refractivity contribution in [1.29, 1.82) is 0 Å². The highest BCUT2D eigenvalue weighted by atomic mass is 32.2. The number of thioether (sulfide) groups is 1. The Labute approximate surface area is 147 Å². The molecule has 0 heterocycles. The number of rotatable bonds is 11. The van der Waals surface area contributed by atoms with Gasteiger partial charge >= 0.3 is 12.1 Å². The van der Waals surface area contributed by atoms with E-state index in [9.17, 15) is 9.59 Å². The fourth-order valence-corrected chi connectivity index (χ4v) is 2.54. The van der Waals surface area contributed by atoms with Crippen molar-refractivity contribution < 1.29 is 23.8 Å². The summed E-state index contributed by atoms with van der Waals surface area (Å²) in [5.41, 5.74) is 0.876. The van der Waals surface area contributed by atoms with Crippen LogP contribution in [0.15, 0.2) is 30.3 Å². The average Bonchev–Trinajstić information content (AvgIpc) is 2.62. The molecule has 1 N–H and O–H groups in total. The van der Waals surface area contributed by atoms with Gasteiger partial charge in [0.15, 0.2) is 0 Å². The Morgan fingerprint density at radius 3 is 2.67 bits per heavy atom. The van der Waals surface area contributed by atoms with E-state index in [-0.39, 0.29) is 6.61 Å². The van der Waals surface area contributed by atoms with E-state index >= 15 is 0 Å². The lowest BCUT2D eigenvalue weighted by Gasteiger charge is -2.16. The zero-order valence-corrected chi connectivity index (χ0v) is 15.0. The van der Waals surface area contributed by atoms with E-state index < -0.39 is 18.1 Å². The van der Waals surface area contributed by atoms with Crippen LogP contribution >= 0.6 is 11.8 Å². The van der Waals surface area contributed by atoms with E-state index in [4.69, 9.17) is 14.2 Å². The molecule has 1 amide bonds. The zero-order valence-electron chi connectivity index (χ0n) is 14.2. The molecule has 1 aromatic carbocycles. The molecule has 0 spiro atoms. The quantitative estimate of drug-likeness (QED) is 0.374. The Bertz CT molecular complexity index is 483. The monoisotopic (exact) mass is 355 g/mol. The second kappa shape index (κ2) is 12.7. The van der Waals surface area contributed by atoms with Crippen molar-refractivity contribution in [2.75, 3.05) is 25.4 Å². The van der Waals surface area contributed by atoms with Crippen molar-refractivity contribution >= 4 is 23.8 Å². The first kappa shape index (κ1) is 20.3. The van der Waals surface area contributed by atoms with Gasteiger partial charge in [0.05, 0.1) is 13.0 Å². The number of nitrogens with one attached hydrogen (secondary N) is 1. The van der Waals surface area contributed by atoms with E-state index in [0.717, 1.165) is 18.4 Å². The minimum absolute atomic E-state index is 0.147. The normalized spacial score (nSPS) is 11.6. The van der Waals surface area contributed by atoms with Gasteiger partial charge in [0.2, 0.25) is 0 Å².